The molecule has 0 heterocycles. The zero-order valence-corrected chi connectivity index (χ0v) is 22.8. The highest BCUT2D eigenvalue weighted by atomic mass is 16.6. The minimum atomic E-state index is -1.24. The Kier molecular flexibility index (Phi) is 13.5. The molecule has 2 saturated carbocycles. The summed E-state index contributed by atoms with van der Waals surface area (Å²) in [4.78, 5) is 34.5. The van der Waals surface area contributed by atoms with Gasteiger partial charge >= 0.3 is 18.0 Å². The second-order valence-corrected chi connectivity index (χ2v) is 11.1. The van der Waals surface area contributed by atoms with E-state index in [-0.39, 0.29) is 19.4 Å². The number of carbonyl (C=O) groups excluding carboxylic acids is 2. The summed E-state index contributed by atoms with van der Waals surface area (Å²) in [6.07, 6.45) is 13.5. The average molecular weight is 519 g/mol. The number of nitrogens with one attached hydrogen (secondary N) is 2. The van der Waals surface area contributed by atoms with Crippen LogP contribution in [0.5, 0.6) is 0 Å². The number of carboxylic acids is 1. The number of benzene rings is 1. The highest BCUT2D eigenvalue weighted by Crippen LogP contribution is 2.22. The highest BCUT2D eigenvalue weighted by molar-refractivity contribution is 5.80. The van der Waals surface area contributed by atoms with Crippen molar-refractivity contribution < 1.29 is 29.0 Å². The third-order valence-corrected chi connectivity index (χ3v) is 6.54. The average Bonchev–Trinajstić information content (AvgIpc) is 2.86. The van der Waals surface area contributed by atoms with Crippen LogP contribution in [-0.4, -0.2) is 46.9 Å². The summed E-state index contributed by atoms with van der Waals surface area (Å²) in [6.45, 7) is 5.20. The van der Waals surface area contributed by atoms with Crippen molar-refractivity contribution in [3.8, 4) is 0 Å². The van der Waals surface area contributed by atoms with Crippen LogP contribution in [0.15, 0.2) is 30.3 Å². The van der Waals surface area contributed by atoms with Gasteiger partial charge in [0, 0.05) is 18.5 Å². The van der Waals surface area contributed by atoms with Gasteiger partial charge in [0.15, 0.2) is 0 Å². The molecule has 37 heavy (non-hydrogen) atoms. The molecule has 1 amide bonds. The van der Waals surface area contributed by atoms with Crippen molar-refractivity contribution in [2.75, 3.05) is 0 Å². The number of ether oxygens (including phenoxy) is 2. The summed E-state index contributed by atoms with van der Waals surface area (Å²) in [5, 5.41) is 15.2. The molecule has 2 aliphatic rings. The normalized spacial score (nSPS) is 17.6. The van der Waals surface area contributed by atoms with Gasteiger partial charge in [-0.05, 0) is 58.4 Å². The van der Waals surface area contributed by atoms with Crippen LogP contribution in [-0.2, 0) is 25.7 Å². The predicted molar refractivity (Wildman–Crippen MR) is 143 cm³/mol. The van der Waals surface area contributed by atoms with Crippen molar-refractivity contribution in [1.82, 2.24) is 10.6 Å². The number of aliphatic carboxylic acids is 1. The summed E-state index contributed by atoms with van der Waals surface area (Å²) in [5.41, 5.74) is 0.144. The van der Waals surface area contributed by atoms with Gasteiger partial charge < -0.3 is 25.2 Å². The van der Waals surface area contributed by atoms with E-state index < -0.39 is 29.7 Å². The lowest BCUT2D eigenvalue weighted by molar-refractivity contribution is -0.155. The van der Waals surface area contributed by atoms with Gasteiger partial charge in [-0.25, -0.2) is 9.59 Å². The Hall–Kier alpha value is -2.61. The topological polar surface area (TPSA) is 114 Å². The first-order valence-corrected chi connectivity index (χ1v) is 13.8. The van der Waals surface area contributed by atoms with Crippen molar-refractivity contribution in [1.29, 1.82) is 0 Å². The Bertz CT molecular complexity index is 795. The molecule has 8 nitrogen and oxygen atoms in total. The summed E-state index contributed by atoms with van der Waals surface area (Å²) in [5.74, 6) is -1.76. The van der Waals surface area contributed by atoms with Crippen LogP contribution < -0.4 is 10.6 Å². The van der Waals surface area contributed by atoms with E-state index in [2.05, 4.69) is 10.6 Å². The number of carbonyl (C=O) groups is 3. The van der Waals surface area contributed by atoms with Crippen LogP contribution in [0.4, 0.5) is 4.79 Å². The molecule has 2 aliphatic carbocycles. The molecule has 0 saturated heterocycles. The van der Waals surface area contributed by atoms with E-state index in [4.69, 9.17) is 14.6 Å². The molecule has 3 N–H and O–H groups in total. The molecule has 2 fully saturated rings. The molecule has 0 bridgehead atoms. The number of esters is 1. The molecule has 1 aromatic carbocycles. The van der Waals surface area contributed by atoms with E-state index in [0.29, 0.717) is 0 Å². The largest absolute Gasteiger partial charge is 0.480 e. The zero-order valence-electron chi connectivity index (χ0n) is 22.8. The van der Waals surface area contributed by atoms with Gasteiger partial charge in [0.1, 0.15) is 18.2 Å². The van der Waals surface area contributed by atoms with Crippen molar-refractivity contribution >= 4 is 18.0 Å². The van der Waals surface area contributed by atoms with E-state index >= 15 is 0 Å². The van der Waals surface area contributed by atoms with E-state index in [9.17, 15) is 14.4 Å². The number of amides is 1. The standard InChI is InChI=1S/C17H23NO6.C12H23N/c1-17(2,3)24-14(19)10-9-13(15(20)21)18-16(22)23-11-12-7-5-4-6-8-12;1-3-7-11(8-4-1)13-12-9-5-2-6-10-12/h4-8,13H,9-11H2,1-3H3,(H,18,22)(H,20,21);11-13H,1-10H2/t13-;/m1./s1. The molecule has 0 unspecified atom stereocenters. The summed E-state index contributed by atoms with van der Waals surface area (Å²) in [6, 6.07) is 9.53. The van der Waals surface area contributed by atoms with Gasteiger partial charge in [-0.15, -0.1) is 0 Å². The van der Waals surface area contributed by atoms with Crippen molar-refractivity contribution in [2.45, 2.75) is 128 Å². The lowest BCUT2D eigenvalue weighted by atomic mass is 9.91. The molecular weight excluding hydrogens is 472 g/mol. The van der Waals surface area contributed by atoms with Crippen LogP contribution in [0.3, 0.4) is 0 Å². The molecule has 0 aromatic heterocycles. The predicted octanol–water partition coefficient (Wildman–Crippen LogP) is 5.73. The quantitative estimate of drug-likeness (QED) is 0.358. The molecule has 0 spiro atoms. The number of hydrogen-bond acceptors (Lipinski definition) is 6. The zero-order chi connectivity index (χ0) is 27.1. The third-order valence-electron chi connectivity index (χ3n) is 6.54. The smallest absolute Gasteiger partial charge is 0.408 e. The SMILES string of the molecule is C1CCC(NC2CCCCC2)CC1.CC(C)(C)OC(=O)CC[C@@H](NC(=O)OCc1ccccc1)C(=O)O. The minimum Gasteiger partial charge on any atom is -0.480 e. The second kappa shape index (κ2) is 16.3. The first kappa shape index (κ1) is 30.6. The van der Waals surface area contributed by atoms with E-state index in [1.54, 1.807) is 45.0 Å². The van der Waals surface area contributed by atoms with Crippen molar-refractivity contribution in [3.63, 3.8) is 0 Å². The molecule has 8 heteroatoms. The number of carboxylic acid groups (broad SMARTS) is 1. The molecule has 0 aliphatic heterocycles. The third kappa shape index (κ3) is 14.1. The fourth-order valence-electron chi connectivity index (χ4n) is 4.69. The van der Waals surface area contributed by atoms with Crippen LogP contribution in [0, 0.1) is 0 Å². The first-order chi connectivity index (χ1) is 17.6. The van der Waals surface area contributed by atoms with Gasteiger partial charge in [-0.2, -0.15) is 0 Å². The maximum Gasteiger partial charge on any atom is 0.408 e. The van der Waals surface area contributed by atoms with Gasteiger partial charge in [-0.3, -0.25) is 4.79 Å². The molecular formula is C29H46N2O6. The maximum atomic E-state index is 11.7. The Labute approximate surface area is 221 Å². The van der Waals surface area contributed by atoms with Gasteiger partial charge in [0.25, 0.3) is 0 Å². The van der Waals surface area contributed by atoms with Crippen LogP contribution in [0.25, 0.3) is 0 Å². The minimum absolute atomic E-state index is 0.0328. The molecule has 1 atom stereocenters. The van der Waals surface area contributed by atoms with E-state index in [1.165, 1.54) is 64.2 Å². The Morgan fingerprint density at radius 2 is 1.46 bits per heavy atom. The number of hydrogen-bond donors (Lipinski definition) is 3. The fraction of sp³-hybridized carbons (Fsp3) is 0.690. The van der Waals surface area contributed by atoms with Gasteiger partial charge in [0.05, 0.1) is 0 Å². The lowest BCUT2D eigenvalue weighted by Crippen LogP contribution is -2.41. The fourth-order valence-corrected chi connectivity index (χ4v) is 4.69. The monoisotopic (exact) mass is 518 g/mol. The number of rotatable bonds is 9. The van der Waals surface area contributed by atoms with Gasteiger partial charge in [-0.1, -0.05) is 68.9 Å². The summed E-state index contributed by atoms with van der Waals surface area (Å²) >= 11 is 0. The van der Waals surface area contributed by atoms with Crippen LogP contribution >= 0.6 is 0 Å². The maximum absolute atomic E-state index is 11.7. The van der Waals surface area contributed by atoms with Crippen molar-refractivity contribution in [3.05, 3.63) is 35.9 Å². The van der Waals surface area contributed by atoms with Crippen molar-refractivity contribution in [2.24, 2.45) is 0 Å². The number of alkyl carbamates (subject to hydrolysis) is 1. The van der Waals surface area contributed by atoms with Crippen LogP contribution in [0.1, 0.15) is 103 Å². The van der Waals surface area contributed by atoms with E-state index in [1.807, 2.05) is 6.07 Å². The first-order valence-electron chi connectivity index (χ1n) is 13.8. The lowest BCUT2D eigenvalue weighted by Gasteiger charge is -2.30. The van der Waals surface area contributed by atoms with E-state index in [0.717, 1.165) is 17.6 Å². The highest BCUT2D eigenvalue weighted by Gasteiger charge is 2.24. The molecule has 1 aromatic rings. The Morgan fingerprint density at radius 1 is 0.919 bits per heavy atom. The van der Waals surface area contributed by atoms with Gasteiger partial charge in [0.2, 0.25) is 0 Å². The Morgan fingerprint density at radius 3 is 1.95 bits per heavy atom. The Balaban J connectivity index is 0.000000308. The summed E-state index contributed by atoms with van der Waals surface area (Å²) < 4.78 is 10.1. The van der Waals surface area contributed by atoms with Crippen LogP contribution in [0.2, 0.25) is 0 Å². The molecule has 3 rings (SSSR count). The summed E-state index contributed by atoms with van der Waals surface area (Å²) in [7, 11) is 0. The molecule has 0 radical (unpaired) electrons. The molecule has 208 valence electrons. The second-order valence-electron chi connectivity index (χ2n) is 11.1.